The fraction of sp³-hybridized carbons (Fsp3) is 0.400. The molecule has 2 N–H and O–H groups in total. The maximum absolute atomic E-state index is 13.3. The third-order valence-corrected chi connectivity index (χ3v) is 5.71. The van der Waals surface area contributed by atoms with Gasteiger partial charge in [-0.2, -0.15) is 0 Å². The van der Waals surface area contributed by atoms with Crippen LogP contribution in [0, 0.1) is 5.92 Å². The van der Waals surface area contributed by atoms with Crippen LogP contribution in [-0.4, -0.2) is 54.9 Å². The lowest BCUT2D eigenvalue weighted by Crippen LogP contribution is -2.55. The molecule has 0 saturated heterocycles. The molecular formula is C25H30ClN3O4. The minimum absolute atomic E-state index is 0.142. The van der Waals surface area contributed by atoms with E-state index in [4.69, 9.17) is 16.3 Å². The number of carbonyl (C=O) groups excluding carboxylic acids is 3. The topological polar surface area (TPSA) is 87.7 Å². The Labute approximate surface area is 199 Å². The van der Waals surface area contributed by atoms with Gasteiger partial charge in [0.25, 0.3) is 5.91 Å². The number of carbonyl (C=O) groups is 3. The van der Waals surface area contributed by atoms with Crippen LogP contribution in [0.2, 0.25) is 5.02 Å². The summed E-state index contributed by atoms with van der Waals surface area (Å²) in [5.74, 6) is -0.597. The monoisotopic (exact) mass is 471 g/mol. The normalized spacial score (nSPS) is 20.0. The van der Waals surface area contributed by atoms with Crippen LogP contribution in [0.5, 0.6) is 5.75 Å². The number of nitrogens with zero attached hydrogens (tertiary/aromatic N) is 1. The van der Waals surface area contributed by atoms with Gasteiger partial charge in [-0.05, 0) is 36.1 Å². The van der Waals surface area contributed by atoms with Crippen molar-refractivity contribution in [2.24, 2.45) is 5.92 Å². The largest absolute Gasteiger partial charge is 0.491 e. The zero-order valence-corrected chi connectivity index (χ0v) is 19.9. The molecule has 8 heteroatoms. The molecule has 3 rings (SSSR count). The Kier molecular flexibility index (Phi) is 8.33. The number of rotatable bonds is 4. The Hall–Kier alpha value is -3.06. The van der Waals surface area contributed by atoms with E-state index >= 15 is 0 Å². The van der Waals surface area contributed by atoms with E-state index in [9.17, 15) is 14.4 Å². The van der Waals surface area contributed by atoms with Crippen molar-refractivity contribution in [3.63, 3.8) is 0 Å². The van der Waals surface area contributed by atoms with Gasteiger partial charge in [0.2, 0.25) is 11.8 Å². The van der Waals surface area contributed by atoms with Crippen LogP contribution in [0.4, 0.5) is 0 Å². The summed E-state index contributed by atoms with van der Waals surface area (Å²) in [5.41, 5.74) is 1.21. The van der Waals surface area contributed by atoms with E-state index in [1.54, 1.807) is 25.2 Å². The SMILES string of the molecule is CC(C)C[C@@H]1NC(=O)c2ccc(Cl)cc2OCCN(C)C(=O)[C@H](Cc2ccccc2)NC1=O. The molecule has 33 heavy (non-hydrogen) atoms. The number of likely N-dealkylation sites (N-methyl/N-ethyl adjacent to an activating group) is 1. The first-order valence-electron chi connectivity index (χ1n) is 11.1. The molecule has 0 saturated carbocycles. The zero-order chi connectivity index (χ0) is 24.0. The van der Waals surface area contributed by atoms with Crippen molar-refractivity contribution in [2.75, 3.05) is 20.2 Å². The van der Waals surface area contributed by atoms with E-state index in [1.807, 2.05) is 44.2 Å². The van der Waals surface area contributed by atoms with Crippen molar-refractivity contribution < 1.29 is 19.1 Å². The molecule has 0 aromatic heterocycles. The van der Waals surface area contributed by atoms with Crippen LogP contribution < -0.4 is 15.4 Å². The molecule has 1 aliphatic heterocycles. The molecule has 0 fully saturated rings. The van der Waals surface area contributed by atoms with E-state index in [0.717, 1.165) is 5.56 Å². The van der Waals surface area contributed by atoms with E-state index in [-0.39, 0.29) is 30.5 Å². The van der Waals surface area contributed by atoms with Gasteiger partial charge in [0.1, 0.15) is 24.4 Å². The quantitative estimate of drug-likeness (QED) is 0.717. The molecule has 2 aromatic carbocycles. The number of halogens is 1. The zero-order valence-electron chi connectivity index (χ0n) is 19.1. The molecule has 2 atom stereocenters. The number of hydrogen-bond acceptors (Lipinski definition) is 4. The summed E-state index contributed by atoms with van der Waals surface area (Å²) < 4.78 is 5.82. The van der Waals surface area contributed by atoms with Crippen molar-refractivity contribution in [1.82, 2.24) is 15.5 Å². The van der Waals surface area contributed by atoms with Crippen molar-refractivity contribution in [2.45, 2.75) is 38.8 Å². The molecule has 176 valence electrons. The van der Waals surface area contributed by atoms with Crippen LogP contribution in [0.3, 0.4) is 0 Å². The molecule has 0 spiro atoms. The third kappa shape index (κ3) is 6.71. The first kappa shape index (κ1) is 24.6. The molecule has 0 radical (unpaired) electrons. The van der Waals surface area contributed by atoms with Gasteiger partial charge in [-0.25, -0.2) is 0 Å². The van der Waals surface area contributed by atoms with Crippen molar-refractivity contribution >= 4 is 29.3 Å². The van der Waals surface area contributed by atoms with Crippen molar-refractivity contribution in [1.29, 1.82) is 0 Å². The lowest BCUT2D eigenvalue weighted by molar-refractivity contribution is -0.136. The lowest BCUT2D eigenvalue weighted by Gasteiger charge is -2.27. The van der Waals surface area contributed by atoms with Crippen molar-refractivity contribution in [3.05, 3.63) is 64.7 Å². The Morgan fingerprint density at radius 3 is 2.48 bits per heavy atom. The Morgan fingerprint density at radius 2 is 1.79 bits per heavy atom. The lowest BCUT2D eigenvalue weighted by atomic mass is 10.0. The molecule has 7 nitrogen and oxygen atoms in total. The summed E-state index contributed by atoms with van der Waals surface area (Å²) in [5, 5.41) is 6.14. The third-order valence-electron chi connectivity index (χ3n) is 5.47. The number of fused-ring (bicyclic) bond motifs is 1. The van der Waals surface area contributed by atoms with Gasteiger partial charge in [0.15, 0.2) is 0 Å². The smallest absolute Gasteiger partial charge is 0.255 e. The summed E-state index contributed by atoms with van der Waals surface area (Å²) >= 11 is 6.10. The summed E-state index contributed by atoms with van der Waals surface area (Å²) in [4.78, 5) is 41.1. The van der Waals surface area contributed by atoms with Crippen LogP contribution in [0.15, 0.2) is 48.5 Å². The molecule has 0 aliphatic carbocycles. The molecule has 2 aromatic rings. The number of benzene rings is 2. The maximum Gasteiger partial charge on any atom is 0.255 e. The highest BCUT2D eigenvalue weighted by atomic mass is 35.5. The standard InChI is InChI=1S/C25H30ClN3O4/c1-16(2)13-20-24(31)28-21(14-17-7-5-4-6-8-17)25(32)29(3)11-12-33-22-15-18(26)9-10-19(22)23(30)27-20/h4-10,15-16,20-21H,11-14H2,1-3H3,(H,27,30)(H,28,31)/t20-,21-/m0/s1. The number of nitrogens with one attached hydrogen (secondary N) is 2. The highest BCUT2D eigenvalue weighted by Crippen LogP contribution is 2.24. The molecule has 0 unspecified atom stereocenters. The molecule has 3 amide bonds. The fourth-order valence-corrected chi connectivity index (χ4v) is 3.90. The van der Waals surface area contributed by atoms with E-state index in [0.29, 0.717) is 23.6 Å². The van der Waals surface area contributed by atoms with Gasteiger partial charge in [-0.3, -0.25) is 14.4 Å². The predicted octanol–water partition coefficient (Wildman–Crippen LogP) is 3.06. The molecule has 0 bridgehead atoms. The maximum atomic E-state index is 13.3. The minimum Gasteiger partial charge on any atom is -0.491 e. The van der Waals surface area contributed by atoms with Gasteiger partial charge >= 0.3 is 0 Å². The number of amides is 3. The van der Waals surface area contributed by atoms with Crippen LogP contribution >= 0.6 is 11.6 Å². The second kappa shape index (κ2) is 11.2. The van der Waals surface area contributed by atoms with Crippen LogP contribution in [0.25, 0.3) is 0 Å². The van der Waals surface area contributed by atoms with Gasteiger partial charge in [0.05, 0.1) is 12.1 Å². The summed E-state index contributed by atoms with van der Waals surface area (Å²) in [7, 11) is 1.67. The number of hydrogen-bond donors (Lipinski definition) is 2. The van der Waals surface area contributed by atoms with E-state index in [2.05, 4.69) is 10.6 Å². The predicted molar refractivity (Wildman–Crippen MR) is 127 cm³/mol. The first-order valence-corrected chi connectivity index (χ1v) is 11.4. The fourth-order valence-electron chi connectivity index (χ4n) is 3.73. The van der Waals surface area contributed by atoms with Crippen LogP contribution in [-0.2, 0) is 16.0 Å². The highest BCUT2D eigenvalue weighted by molar-refractivity contribution is 6.30. The summed E-state index contributed by atoms with van der Waals surface area (Å²) in [6.45, 7) is 4.39. The Balaban J connectivity index is 1.94. The van der Waals surface area contributed by atoms with Gasteiger partial charge in [-0.15, -0.1) is 0 Å². The molecule has 1 aliphatic rings. The van der Waals surface area contributed by atoms with E-state index < -0.39 is 23.9 Å². The minimum atomic E-state index is -0.807. The second-order valence-electron chi connectivity index (χ2n) is 8.66. The Morgan fingerprint density at radius 1 is 1.06 bits per heavy atom. The first-order chi connectivity index (χ1) is 15.7. The van der Waals surface area contributed by atoms with Crippen molar-refractivity contribution in [3.8, 4) is 5.75 Å². The molecular weight excluding hydrogens is 442 g/mol. The van der Waals surface area contributed by atoms with Gasteiger partial charge in [0, 0.05) is 18.5 Å². The van der Waals surface area contributed by atoms with Gasteiger partial charge < -0.3 is 20.3 Å². The number of ether oxygens (including phenoxy) is 1. The van der Waals surface area contributed by atoms with Crippen LogP contribution in [0.1, 0.15) is 36.2 Å². The highest BCUT2D eigenvalue weighted by Gasteiger charge is 2.30. The van der Waals surface area contributed by atoms with E-state index in [1.165, 1.54) is 4.90 Å². The average molecular weight is 472 g/mol. The van der Waals surface area contributed by atoms with Gasteiger partial charge in [-0.1, -0.05) is 55.8 Å². The summed E-state index contributed by atoms with van der Waals surface area (Å²) in [6, 6.07) is 12.7. The summed E-state index contributed by atoms with van der Waals surface area (Å²) in [6.07, 6.45) is 0.762. The second-order valence-corrected chi connectivity index (χ2v) is 9.09. The molecule has 1 heterocycles. The average Bonchev–Trinajstić information content (AvgIpc) is 2.77. The Bertz CT molecular complexity index is 996.